The standard InChI is InChI=1S/C10H10ClN3O/c1-14-9(6-15)12-13-10(14)7-2-4-8(11)5-3-7/h2-6,9,12H,1H3. The van der Waals surface area contributed by atoms with E-state index in [1.165, 1.54) is 0 Å². The quantitative estimate of drug-likeness (QED) is 0.763. The molecule has 0 radical (unpaired) electrons. The Bertz CT molecular complexity index is 402. The molecule has 0 spiro atoms. The summed E-state index contributed by atoms with van der Waals surface area (Å²) in [6, 6.07) is 7.32. The number of aldehydes is 1. The molecule has 0 bridgehead atoms. The van der Waals surface area contributed by atoms with Crippen molar-refractivity contribution in [3.63, 3.8) is 0 Å². The molecule has 1 heterocycles. The Morgan fingerprint density at radius 1 is 1.47 bits per heavy atom. The summed E-state index contributed by atoms with van der Waals surface area (Å²) in [6.45, 7) is 0. The summed E-state index contributed by atoms with van der Waals surface area (Å²) in [5, 5.41) is 4.77. The van der Waals surface area contributed by atoms with E-state index in [0.717, 1.165) is 17.7 Å². The van der Waals surface area contributed by atoms with E-state index in [2.05, 4.69) is 10.5 Å². The second-order valence-electron chi connectivity index (χ2n) is 3.26. The maximum Gasteiger partial charge on any atom is 0.172 e. The zero-order chi connectivity index (χ0) is 10.8. The topological polar surface area (TPSA) is 44.7 Å². The van der Waals surface area contributed by atoms with Crippen LogP contribution >= 0.6 is 11.6 Å². The zero-order valence-electron chi connectivity index (χ0n) is 8.14. The number of carbonyl (C=O) groups is 1. The monoisotopic (exact) mass is 223 g/mol. The van der Waals surface area contributed by atoms with Crippen LogP contribution in [0.25, 0.3) is 0 Å². The summed E-state index contributed by atoms with van der Waals surface area (Å²) in [4.78, 5) is 12.4. The number of nitrogens with zero attached hydrogens (tertiary/aromatic N) is 2. The molecule has 1 aliphatic rings. The third-order valence-electron chi connectivity index (χ3n) is 2.29. The molecule has 0 fully saturated rings. The molecule has 2 rings (SSSR count). The average molecular weight is 224 g/mol. The predicted octanol–water partition coefficient (Wildman–Crippen LogP) is 1.06. The normalized spacial score (nSPS) is 19.7. The Labute approximate surface area is 92.5 Å². The molecular weight excluding hydrogens is 214 g/mol. The maximum atomic E-state index is 10.6. The van der Waals surface area contributed by atoms with Gasteiger partial charge in [0.1, 0.15) is 0 Å². The summed E-state index contributed by atoms with van der Waals surface area (Å²) in [7, 11) is 1.81. The van der Waals surface area contributed by atoms with Gasteiger partial charge in [0.2, 0.25) is 0 Å². The number of halogens is 1. The minimum absolute atomic E-state index is 0.379. The fourth-order valence-electron chi connectivity index (χ4n) is 1.41. The van der Waals surface area contributed by atoms with Crippen LogP contribution in [-0.2, 0) is 4.79 Å². The van der Waals surface area contributed by atoms with Crippen LogP contribution in [0.1, 0.15) is 5.56 Å². The Balaban J connectivity index is 2.26. The van der Waals surface area contributed by atoms with Crippen LogP contribution in [0.4, 0.5) is 0 Å². The van der Waals surface area contributed by atoms with Gasteiger partial charge in [0, 0.05) is 17.6 Å². The smallest absolute Gasteiger partial charge is 0.172 e. The van der Waals surface area contributed by atoms with Crippen molar-refractivity contribution >= 4 is 23.7 Å². The van der Waals surface area contributed by atoms with E-state index in [4.69, 9.17) is 11.6 Å². The van der Waals surface area contributed by atoms with Crippen molar-refractivity contribution in [2.75, 3.05) is 7.05 Å². The Hall–Kier alpha value is -1.55. The van der Waals surface area contributed by atoms with Crippen LogP contribution in [0.15, 0.2) is 29.4 Å². The number of amidine groups is 1. The number of rotatable bonds is 2. The van der Waals surface area contributed by atoms with Crippen molar-refractivity contribution in [3.8, 4) is 0 Å². The highest BCUT2D eigenvalue weighted by molar-refractivity contribution is 6.30. The first-order valence-electron chi connectivity index (χ1n) is 4.49. The van der Waals surface area contributed by atoms with E-state index in [9.17, 15) is 4.79 Å². The fourth-order valence-corrected chi connectivity index (χ4v) is 1.54. The summed E-state index contributed by atoms with van der Waals surface area (Å²) >= 11 is 5.79. The first kappa shape index (κ1) is 9.98. The zero-order valence-corrected chi connectivity index (χ0v) is 8.90. The number of hydrogen-bond acceptors (Lipinski definition) is 4. The molecule has 78 valence electrons. The molecule has 1 N–H and O–H groups in total. The Kier molecular flexibility index (Phi) is 2.60. The van der Waals surface area contributed by atoms with Crippen molar-refractivity contribution in [2.45, 2.75) is 6.17 Å². The highest BCUT2D eigenvalue weighted by Crippen LogP contribution is 2.14. The van der Waals surface area contributed by atoms with E-state index in [1.54, 1.807) is 17.0 Å². The average Bonchev–Trinajstić information content (AvgIpc) is 2.61. The lowest BCUT2D eigenvalue weighted by Crippen LogP contribution is -2.38. The van der Waals surface area contributed by atoms with Crippen LogP contribution in [0.5, 0.6) is 0 Å². The molecule has 15 heavy (non-hydrogen) atoms. The third-order valence-corrected chi connectivity index (χ3v) is 2.54. The van der Waals surface area contributed by atoms with Gasteiger partial charge < -0.3 is 4.90 Å². The van der Waals surface area contributed by atoms with Crippen LogP contribution in [0.2, 0.25) is 5.02 Å². The van der Waals surface area contributed by atoms with Gasteiger partial charge >= 0.3 is 0 Å². The van der Waals surface area contributed by atoms with Gasteiger partial charge in [0.05, 0.1) is 0 Å². The summed E-state index contributed by atoms with van der Waals surface area (Å²) in [6.07, 6.45) is 0.433. The lowest BCUT2D eigenvalue weighted by molar-refractivity contribution is -0.111. The third kappa shape index (κ3) is 1.80. The molecular formula is C10H10ClN3O. The van der Waals surface area contributed by atoms with Gasteiger partial charge in [0.15, 0.2) is 18.3 Å². The van der Waals surface area contributed by atoms with E-state index in [0.29, 0.717) is 5.02 Å². The van der Waals surface area contributed by atoms with E-state index in [-0.39, 0.29) is 6.17 Å². The lowest BCUT2D eigenvalue weighted by Gasteiger charge is -2.17. The molecule has 0 saturated carbocycles. The molecule has 5 heteroatoms. The Morgan fingerprint density at radius 2 is 2.13 bits per heavy atom. The van der Waals surface area contributed by atoms with Gasteiger partial charge in [-0.1, -0.05) is 11.6 Å². The van der Waals surface area contributed by atoms with Gasteiger partial charge in [-0.3, -0.25) is 10.2 Å². The van der Waals surface area contributed by atoms with Crippen molar-refractivity contribution in [3.05, 3.63) is 34.9 Å². The molecule has 1 aromatic rings. The van der Waals surface area contributed by atoms with E-state index >= 15 is 0 Å². The predicted molar refractivity (Wildman–Crippen MR) is 58.7 cm³/mol. The van der Waals surface area contributed by atoms with Crippen LogP contribution in [0.3, 0.4) is 0 Å². The van der Waals surface area contributed by atoms with Crippen LogP contribution < -0.4 is 5.43 Å². The SMILES string of the molecule is CN1C(c2ccc(Cl)cc2)=NNC1C=O. The minimum Gasteiger partial charge on any atom is -0.330 e. The largest absolute Gasteiger partial charge is 0.330 e. The number of hydrazone groups is 1. The summed E-state index contributed by atoms with van der Waals surface area (Å²) in [5.74, 6) is 0.740. The number of carbonyl (C=O) groups excluding carboxylic acids is 1. The molecule has 1 aliphatic heterocycles. The van der Waals surface area contributed by atoms with Gasteiger partial charge in [0.25, 0.3) is 0 Å². The van der Waals surface area contributed by atoms with Crippen LogP contribution in [-0.4, -0.2) is 30.2 Å². The van der Waals surface area contributed by atoms with Crippen molar-refractivity contribution in [2.24, 2.45) is 5.10 Å². The van der Waals surface area contributed by atoms with Gasteiger partial charge in [-0.25, -0.2) is 0 Å². The van der Waals surface area contributed by atoms with E-state index < -0.39 is 0 Å². The molecule has 1 unspecified atom stereocenters. The van der Waals surface area contributed by atoms with Gasteiger partial charge in [-0.2, -0.15) is 5.10 Å². The lowest BCUT2D eigenvalue weighted by atomic mass is 10.2. The second kappa shape index (κ2) is 3.90. The van der Waals surface area contributed by atoms with Crippen LogP contribution in [0, 0.1) is 0 Å². The van der Waals surface area contributed by atoms with Crippen molar-refractivity contribution in [1.29, 1.82) is 0 Å². The number of hydrogen-bond donors (Lipinski definition) is 1. The van der Waals surface area contributed by atoms with E-state index in [1.807, 2.05) is 19.2 Å². The minimum atomic E-state index is -0.379. The first-order valence-corrected chi connectivity index (χ1v) is 4.87. The highest BCUT2D eigenvalue weighted by Gasteiger charge is 2.24. The molecule has 0 amide bonds. The molecule has 1 atom stereocenters. The fraction of sp³-hybridized carbons (Fsp3) is 0.200. The molecule has 4 nitrogen and oxygen atoms in total. The Morgan fingerprint density at radius 3 is 2.67 bits per heavy atom. The van der Waals surface area contributed by atoms with Crippen molar-refractivity contribution < 1.29 is 4.79 Å². The number of benzene rings is 1. The summed E-state index contributed by atoms with van der Waals surface area (Å²) in [5.41, 5.74) is 3.66. The molecule has 0 aliphatic carbocycles. The van der Waals surface area contributed by atoms with Gasteiger partial charge in [-0.05, 0) is 24.3 Å². The number of likely N-dealkylation sites (N-methyl/N-ethyl adjacent to an activating group) is 1. The van der Waals surface area contributed by atoms with Crippen molar-refractivity contribution in [1.82, 2.24) is 10.3 Å². The van der Waals surface area contributed by atoms with Gasteiger partial charge in [-0.15, -0.1) is 0 Å². The number of nitrogens with one attached hydrogen (secondary N) is 1. The molecule has 1 aromatic carbocycles. The molecule has 0 saturated heterocycles. The highest BCUT2D eigenvalue weighted by atomic mass is 35.5. The second-order valence-corrected chi connectivity index (χ2v) is 3.70. The molecule has 0 aromatic heterocycles. The summed E-state index contributed by atoms with van der Waals surface area (Å²) < 4.78 is 0. The maximum absolute atomic E-state index is 10.6. The first-order chi connectivity index (χ1) is 7.22.